The first-order chi connectivity index (χ1) is 6.12. The van der Waals surface area contributed by atoms with Crippen molar-refractivity contribution in [2.24, 2.45) is 0 Å². The molecule has 1 unspecified atom stereocenters. The molecule has 2 N–H and O–H groups in total. The predicted molar refractivity (Wildman–Crippen MR) is 51.8 cm³/mol. The van der Waals surface area contributed by atoms with Gasteiger partial charge in [-0.1, -0.05) is 12.8 Å². The van der Waals surface area contributed by atoms with E-state index in [1.165, 1.54) is 0 Å². The molecule has 0 aliphatic carbocycles. The molecule has 0 saturated heterocycles. The number of unbranched alkanes of at least 4 members (excludes halogenated alkanes) is 3. The molecule has 0 fully saturated rings. The average molecular weight is 230 g/mol. The monoisotopic (exact) mass is 230 g/mol. The first-order valence-electron chi connectivity index (χ1n) is 4.04. The molecule has 0 radical (unpaired) electrons. The second kappa shape index (κ2) is 7.79. The highest BCUT2D eigenvalue weighted by atomic mass is 32.1. The first-order valence-corrected chi connectivity index (χ1v) is 6.16. The number of phosphoric ester groups is 1. The quantitative estimate of drug-likeness (QED) is 0.196. The zero-order chi connectivity index (χ0) is 10.2. The van der Waals surface area contributed by atoms with Gasteiger partial charge in [-0.05, 0) is 18.6 Å². The Balaban J connectivity index is 3.21. The van der Waals surface area contributed by atoms with Gasteiger partial charge in [0.2, 0.25) is 0 Å². The van der Waals surface area contributed by atoms with Gasteiger partial charge in [0, 0.05) is 0 Å². The van der Waals surface area contributed by atoms with Crippen molar-refractivity contribution < 1.29 is 23.9 Å². The summed E-state index contributed by atoms with van der Waals surface area (Å²) in [5, 5.41) is 7.89. The fraction of sp³-hybridized carbons (Fsp3) is 1.00. The van der Waals surface area contributed by atoms with Crippen molar-refractivity contribution in [3.05, 3.63) is 0 Å². The molecule has 0 rings (SSSR count). The third kappa shape index (κ3) is 8.74. The van der Waals surface area contributed by atoms with Crippen molar-refractivity contribution in [2.75, 3.05) is 12.4 Å². The Kier molecular flexibility index (Phi) is 8.04. The van der Waals surface area contributed by atoms with Crippen molar-refractivity contribution in [1.29, 1.82) is 0 Å². The van der Waals surface area contributed by atoms with Crippen LogP contribution in [0.5, 0.6) is 0 Å². The molecule has 0 aromatic carbocycles. The van der Waals surface area contributed by atoms with Gasteiger partial charge in [-0.15, -0.1) is 4.67 Å². The molecule has 0 saturated carbocycles. The molecule has 0 aromatic rings. The fourth-order valence-electron chi connectivity index (χ4n) is 0.771. The van der Waals surface area contributed by atoms with Crippen LogP contribution in [0.25, 0.3) is 0 Å². The van der Waals surface area contributed by atoms with Crippen molar-refractivity contribution in [3.63, 3.8) is 0 Å². The van der Waals surface area contributed by atoms with E-state index in [0.717, 1.165) is 25.0 Å². The lowest BCUT2D eigenvalue weighted by Gasteiger charge is -2.06. The van der Waals surface area contributed by atoms with E-state index in [9.17, 15) is 4.57 Å². The van der Waals surface area contributed by atoms with E-state index in [4.69, 9.17) is 10.2 Å². The van der Waals surface area contributed by atoms with Gasteiger partial charge in [0.25, 0.3) is 0 Å². The molecule has 1 atom stereocenters. The molecule has 13 heavy (non-hydrogen) atoms. The maximum atomic E-state index is 10.5. The second-order valence-corrected chi connectivity index (χ2v) is 4.33. The van der Waals surface area contributed by atoms with E-state index in [1.54, 1.807) is 0 Å². The number of hydrogen-bond acceptors (Lipinski definition) is 5. The van der Waals surface area contributed by atoms with Crippen LogP contribution in [0.2, 0.25) is 0 Å². The Bertz CT molecular complexity index is 165. The van der Waals surface area contributed by atoms with E-state index >= 15 is 0 Å². The fourth-order valence-corrected chi connectivity index (χ4v) is 1.40. The van der Waals surface area contributed by atoms with Crippen molar-refractivity contribution in [1.82, 2.24) is 0 Å². The molecular weight excluding hydrogens is 215 g/mol. The third-order valence-corrected chi connectivity index (χ3v) is 2.44. The van der Waals surface area contributed by atoms with Crippen molar-refractivity contribution in [2.45, 2.75) is 25.7 Å². The SMILES string of the molecule is O=P(O)(OO)OCCCCCCS. The van der Waals surface area contributed by atoms with Crippen LogP contribution in [0.15, 0.2) is 0 Å². The minimum atomic E-state index is -4.19. The largest absolute Gasteiger partial charge is 0.499 e. The Morgan fingerprint density at radius 2 is 1.85 bits per heavy atom. The number of thiol groups is 1. The summed E-state index contributed by atoms with van der Waals surface area (Å²) in [7, 11) is -4.19. The van der Waals surface area contributed by atoms with E-state index in [-0.39, 0.29) is 6.61 Å². The molecule has 0 aromatic heterocycles. The van der Waals surface area contributed by atoms with Crippen molar-refractivity contribution in [3.8, 4) is 0 Å². The van der Waals surface area contributed by atoms with Crippen LogP contribution < -0.4 is 0 Å². The maximum Gasteiger partial charge on any atom is 0.499 e. The Morgan fingerprint density at radius 3 is 2.38 bits per heavy atom. The molecule has 5 nitrogen and oxygen atoms in total. The number of rotatable bonds is 8. The van der Waals surface area contributed by atoms with E-state index in [2.05, 4.69) is 21.8 Å². The average Bonchev–Trinajstić information content (AvgIpc) is 2.11. The summed E-state index contributed by atoms with van der Waals surface area (Å²) in [5.41, 5.74) is 0. The lowest BCUT2D eigenvalue weighted by atomic mass is 10.2. The highest BCUT2D eigenvalue weighted by molar-refractivity contribution is 7.80. The number of phosphoric acid groups is 1. The lowest BCUT2D eigenvalue weighted by Crippen LogP contribution is -1.94. The lowest BCUT2D eigenvalue weighted by molar-refractivity contribution is -0.162. The van der Waals surface area contributed by atoms with Crippen LogP contribution in [0.3, 0.4) is 0 Å². The molecule has 0 bridgehead atoms. The van der Waals surface area contributed by atoms with Crippen LogP contribution in [0, 0.1) is 0 Å². The summed E-state index contributed by atoms with van der Waals surface area (Å²) in [6, 6.07) is 0. The van der Waals surface area contributed by atoms with E-state index < -0.39 is 7.82 Å². The van der Waals surface area contributed by atoms with Gasteiger partial charge < -0.3 is 4.89 Å². The first kappa shape index (κ1) is 13.4. The van der Waals surface area contributed by atoms with Crippen LogP contribution in [-0.4, -0.2) is 22.5 Å². The summed E-state index contributed by atoms with van der Waals surface area (Å²) in [6.45, 7) is 0.112. The normalized spacial score (nSPS) is 15.6. The predicted octanol–water partition coefficient (Wildman–Crippen LogP) is 2.08. The summed E-state index contributed by atoms with van der Waals surface area (Å²) in [5.74, 6) is 0.846. The molecule has 80 valence electrons. The molecular formula is C6H15O5PS. The van der Waals surface area contributed by atoms with Gasteiger partial charge in [0.05, 0.1) is 6.61 Å². The Hall–Kier alpha value is 0.420. The standard InChI is InChI=1S/C6H15O5PS/c7-11-12(8,9)10-5-3-1-2-4-6-13/h7,13H,1-6H2,(H,8,9). The Labute approximate surface area is 83.0 Å². The maximum absolute atomic E-state index is 10.5. The zero-order valence-corrected chi connectivity index (χ0v) is 9.05. The molecule has 0 spiro atoms. The van der Waals surface area contributed by atoms with Gasteiger partial charge >= 0.3 is 7.82 Å². The van der Waals surface area contributed by atoms with Gasteiger partial charge in [-0.25, -0.2) is 9.82 Å². The smallest absolute Gasteiger partial charge is 0.301 e. The number of hydrogen-bond donors (Lipinski definition) is 3. The van der Waals surface area contributed by atoms with E-state index in [0.29, 0.717) is 6.42 Å². The van der Waals surface area contributed by atoms with Crippen LogP contribution in [0.1, 0.15) is 25.7 Å². The summed E-state index contributed by atoms with van der Waals surface area (Å²) in [4.78, 5) is 8.57. The molecule has 0 amide bonds. The van der Waals surface area contributed by atoms with Gasteiger partial charge in [0.1, 0.15) is 0 Å². The summed E-state index contributed by atoms with van der Waals surface area (Å²) >= 11 is 4.04. The second-order valence-electron chi connectivity index (χ2n) is 2.52. The molecule has 0 aliphatic heterocycles. The van der Waals surface area contributed by atoms with Crippen molar-refractivity contribution >= 4 is 20.5 Å². The summed E-state index contributed by atoms with van der Waals surface area (Å²) in [6.07, 6.45) is 3.62. The zero-order valence-electron chi connectivity index (χ0n) is 7.26. The molecule has 7 heteroatoms. The summed E-state index contributed by atoms with van der Waals surface area (Å²) < 4.78 is 18.1. The molecule has 0 aliphatic rings. The molecule has 0 heterocycles. The van der Waals surface area contributed by atoms with Gasteiger partial charge in [-0.3, -0.25) is 4.52 Å². The minimum Gasteiger partial charge on any atom is -0.301 e. The topological polar surface area (TPSA) is 76.0 Å². The minimum absolute atomic E-state index is 0.112. The van der Waals surface area contributed by atoms with Crippen LogP contribution >= 0.6 is 20.5 Å². The Morgan fingerprint density at radius 1 is 1.23 bits per heavy atom. The highest BCUT2D eigenvalue weighted by Crippen LogP contribution is 2.41. The highest BCUT2D eigenvalue weighted by Gasteiger charge is 2.19. The van der Waals surface area contributed by atoms with Gasteiger partial charge in [0.15, 0.2) is 0 Å². The van der Waals surface area contributed by atoms with Crippen LogP contribution in [0.4, 0.5) is 0 Å². The third-order valence-electron chi connectivity index (χ3n) is 1.41. The van der Waals surface area contributed by atoms with E-state index in [1.807, 2.05) is 0 Å². The van der Waals surface area contributed by atoms with Gasteiger partial charge in [-0.2, -0.15) is 12.6 Å². The van der Waals surface area contributed by atoms with Crippen LogP contribution in [-0.2, 0) is 13.8 Å².